The highest BCUT2D eigenvalue weighted by atomic mass is 32.2. The van der Waals surface area contributed by atoms with Gasteiger partial charge in [-0.25, -0.2) is 8.42 Å². The van der Waals surface area contributed by atoms with Crippen molar-refractivity contribution in [3.63, 3.8) is 0 Å². The molecule has 0 aromatic heterocycles. The molecule has 22 heavy (non-hydrogen) atoms. The van der Waals surface area contributed by atoms with Crippen molar-refractivity contribution in [1.82, 2.24) is 0 Å². The van der Waals surface area contributed by atoms with E-state index in [2.05, 4.69) is 18.6 Å². The SMILES string of the molecule is CCc1ccc(S(=O)(=O)Nc2ccccc2[C@@H](C)CC)cc1. The first-order valence-corrected chi connectivity index (χ1v) is 9.17. The first-order valence-electron chi connectivity index (χ1n) is 7.68. The summed E-state index contributed by atoms with van der Waals surface area (Å²) in [6.45, 7) is 6.24. The molecule has 0 aliphatic rings. The Morgan fingerprint density at radius 3 is 2.23 bits per heavy atom. The molecule has 2 aromatic carbocycles. The zero-order chi connectivity index (χ0) is 16.2. The monoisotopic (exact) mass is 317 g/mol. The van der Waals surface area contributed by atoms with Gasteiger partial charge >= 0.3 is 0 Å². The molecule has 2 aromatic rings. The Balaban J connectivity index is 2.32. The van der Waals surface area contributed by atoms with Crippen LogP contribution in [0, 0.1) is 0 Å². The molecule has 0 bridgehead atoms. The highest BCUT2D eigenvalue weighted by Crippen LogP contribution is 2.28. The number of hydrogen-bond acceptors (Lipinski definition) is 2. The number of para-hydroxylation sites is 1. The number of benzene rings is 2. The molecule has 0 aliphatic heterocycles. The molecule has 2 rings (SSSR count). The molecule has 0 unspecified atom stereocenters. The Kier molecular flexibility index (Phi) is 5.24. The van der Waals surface area contributed by atoms with Crippen molar-refractivity contribution in [3.8, 4) is 0 Å². The van der Waals surface area contributed by atoms with E-state index in [1.807, 2.05) is 43.3 Å². The standard InChI is InChI=1S/C18H23NO2S/c1-4-14(3)17-8-6-7-9-18(17)19-22(20,21)16-12-10-15(5-2)11-13-16/h6-14,19H,4-5H2,1-3H3/t14-/m0/s1. The Morgan fingerprint density at radius 1 is 1.00 bits per heavy atom. The molecule has 4 heteroatoms. The molecule has 0 saturated carbocycles. The first kappa shape index (κ1) is 16.6. The first-order chi connectivity index (χ1) is 10.5. The van der Waals surface area contributed by atoms with Gasteiger partial charge in [0.05, 0.1) is 10.6 Å². The van der Waals surface area contributed by atoms with Gasteiger partial charge in [-0.15, -0.1) is 0 Å². The lowest BCUT2D eigenvalue weighted by Gasteiger charge is -2.16. The normalized spacial score (nSPS) is 12.9. The average molecular weight is 317 g/mol. The van der Waals surface area contributed by atoms with E-state index in [1.54, 1.807) is 12.1 Å². The summed E-state index contributed by atoms with van der Waals surface area (Å²) in [6, 6.07) is 14.6. The summed E-state index contributed by atoms with van der Waals surface area (Å²) in [5, 5.41) is 0. The van der Waals surface area contributed by atoms with Crippen LogP contribution in [0.25, 0.3) is 0 Å². The molecule has 3 nitrogen and oxygen atoms in total. The third kappa shape index (κ3) is 3.69. The number of sulfonamides is 1. The van der Waals surface area contributed by atoms with Crippen LogP contribution in [-0.2, 0) is 16.4 Å². The predicted molar refractivity (Wildman–Crippen MR) is 91.8 cm³/mol. The third-order valence-corrected chi connectivity index (χ3v) is 5.37. The molecule has 0 aliphatic carbocycles. The zero-order valence-electron chi connectivity index (χ0n) is 13.3. The smallest absolute Gasteiger partial charge is 0.261 e. The van der Waals surface area contributed by atoms with Crippen LogP contribution < -0.4 is 4.72 Å². The van der Waals surface area contributed by atoms with Gasteiger partial charge in [-0.05, 0) is 48.1 Å². The van der Waals surface area contributed by atoms with Gasteiger partial charge in [0.15, 0.2) is 0 Å². The van der Waals surface area contributed by atoms with E-state index in [9.17, 15) is 8.42 Å². The molecule has 1 atom stereocenters. The second-order valence-electron chi connectivity index (χ2n) is 5.50. The van der Waals surface area contributed by atoms with E-state index in [0.717, 1.165) is 24.0 Å². The maximum Gasteiger partial charge on any atom is 0.261 e. The molecule has 0 fully saturated rings. The summed E-state index contributed by atoms with van der Waals surface area (Å²) >= 11 is 0. The number of rotatable bonds is 6. The summed E-state index contributed by atoms with van der Waals surface area (Å²) in [7, 11) is -3.55. The highest BCUT2D eigenvalue weighted by molar-refractivity contribution is 7.92. The number of anilines is 1. The minimum Gasteiger partial charge on any atom is -0.279 e. The minimum atomic E-state index is -3.55. The van der Waals surface area contributed by atoms with Crippen LogP contribution in [0.3, 0.4) is 0 Å². The predicted octanol–water partition coefficient (Wildman–Crippen LogP) is 4.56. The summed E-state index contributed by atoms with van der Waals surface area (Å²) in [6.07, 6.45) is 1.86. The van der Waals surface area contributed by atoms with Crippen molar-refractivity contribution < 1.29 is 8.42 Å². The lowest BCUT2D eigenvalue weighted by Crippen LogP contribution is -2.14. The van der Waals surface area contributed by atoms with E-state index < -0.39 is 10.0 Å². The van der Waals surface area contributed by atoms with E-state index in [0.29, 0.717) is 16.5 Å². The number of hydrogen-bond donors (Lipinski definition) is 1. The van der Waals surface area contributed by atoms with Crippen molar-refractivity contribution >= 4 is 15.7 Å². The Bertz CT molecular complexity index is 721. The second-order valence-corrected chi connectivity index (χ2v) is 7.18. The van der Waals surface area contributed by atoms with E-state index >= 15 is 0 Å². The zero-order valence-corrected chi connectivity index (χ0v) is 14.2. The van der Waals surface area contributed by atoms with Gasteiger partial charge in [0.2, 0.25) is 0 Å². The van der Waals surface area contributed by atoms with Gasteiger partial charge < -0.3 is 0 Å². The van der Waals surface area contributed by atoms with Crippen molar-refractivity contribution in [1.29, 1.82) is 0 Å². The fourth-order valence-corrected chi connectivity index (χ4v) is 3.44. The van der Waals surface area contributed by atoms with Gasteiger partial charge in [0.25, 0.3) is 10.0 Å². The number of nitrogens with one attached hydrogen (secondary N) is 1. The maximum absolute atomic E-state index is 12.6. The molecular weight excluding hydrogens is 294 g/mol. The van der Waals surface area contributed by atoms with E-state index in [4.69, 9.17) is 0 Å². The largest absolute Gasteiger partial charge is 0.279 e. The Hall–Kier alpha value is -1.81. The van der Waals surface area contributed by atoms with Crippen LogP contribution in [0.2, 0.25) is 0 Å². The van der Waals surface area contributed by atoms with Crippen LogP contribution in [0.4, 0.5) is 5.69 Å². The lowest BCUT2D eigenvalue weighted by molar-refractivity contribution is 0.601. The molecule has 0 amide bonds. The fraction of sp³-hybridized carbons (Fsp3) is 0.333. The molecule has 1 N–H and O–H groups in total. The van der Waals surface area contributed by atoms with Gasteiger partial charge in [-0.1, -0.05) is 51.1 Å². The molecule has 0 radical (unpaired) electrons. The van der Waals surface area contributed by atoms with Crippen molar-refractivity contribution in [2.75, 3.05) is 4.72 Å². The molecule has 0 heterocycles. The average Bonchev–Trinajstić information content (AvgIpc) is 2.54. The topological polar surface area (TPSA) is 46.2 Å². The van der Waals surface area contributed by atoms with Gasteiger partial charge in [0.1, 0.15) is 0 Å². The molecule has 0 spiro atoms. The van der Waals surface area contributed by atoms with Crippen LogP contribution in [0.5, 0.6) is 0 Å². The Labute approximate surface area is 133 Å². The van der Waals surface area contributed by atoms with Crippen LogP contribution in [0.15, 0.2) is 53.4 Å². The van der Waals surface area contributed by atoms with E-state index in [1.165, 1.54) is 0 Å². The lowest BCUT2D eigenvalue weighted by atomic mass is 9.97. The third-order valence-electron chi connectivity index (χ3n) is 3.99. The van der Waals surface area contributed by atoms with Gasteiger partial charge in [0, 0.05) is 0 Å². The van der Waals surface area contributed by atoms with Crippen LogP contribution in [0.1, 0.15) is 44.2 Å². The van der Waals surface area contributed by atoms with Crippen LogP contribution in [-0.4, -0.2) is 8.42 Å². The molecule has 118 valence electrons. The van der Waals surface area contributed by atoms with Crippen molar-refractivity contribution in [2.45, 2.75) is 44.4 Å². The minimum absolute atomic E-state index is 0.295. The Morgan fingerprint density at radius 2 is 1.64 bits per heavy atom. The maximum atomic E-state index is 12.6. The fourth-order valence-electron chi connectivity index (χ4n) is 2.35. The summed E-state index contributed by atoms with van der Waals surface area (Å²) in [5.74, 6) is 0.307. The summed E-state index contributed by atoms with van der Waals surface area (Å²) in [5.41, 5.74) is 2.81. The molecular formula is C18H23NO2S. The summed E-state index contributed by atoms with van der Waals surface area (Å²) in [4.78, 5) is 0.295. The number of aryl methyl sites for hydroxylation is 1. The quantitative estimate of drug-likeness (QED) is 0.848. The van der Waals surface area contributed by atoms with E-state index in [-0.39, 0.29) is 0 Å². The highest BCUT2D eigenvalue weighted by Gasteiger charge is 2.17. The van der Waals surface area contributed by atoms with Gasteiger partial charge in [-0.3, -0.25) is 4.72 Å². The second kappa shape index (κ2) is 6.97. The summed E-state index contributed by atoms with van der Waals surface area (Å²) < 4.78 is 27.8. The molecule has 0 saturated heterocycles. The van der Waals surface area contributed by atoms with Crippen molar-refractivity contribution in [3.05, 3.63) is 59.7 Å². The van der Waals surface area contributed by atoms with Gasteiger partial charge in [-0.2, -0.15) is 0 Å². The van der Waals surface area contributed by atoms with Crippen LogP contribution >= 0.6 is 0 Å². The van der Waals surface area contributed by atoms with Crippen molar-refractivity contribution in [2.24, 2.45) is 0 Å².